The van der Waals surface area contributed by atoms with Gasteiger partial charge in [0.1, 0.15) is 0 Å². The second-order valence-electron chi connectivity index (χ2n) is 6.98. The van der Waals surface area contributed by atoms with Gasteiger partial charge in [-0.2, -0.15) is 0 Å². The molecule has 0 radical (unpaired) electrons. The molecule has 3 aromatic rings. The first-order valence-electron chi connectivity index (χ1n) is 9.95. The molecule has 1 heterocycles. The Bertz CT molecular complexity index is 696. The minimum absolute atomic E-state index is 1.10. The van der Waals surface area contributed by atoms with Gasteiger partial charge in [-0.25, -0.2) is 0 Å². The third kappa shape index (κ3) is 7.38. The first-order chi connectivity index (χ1) is 13.4. The summed E-state index contributed by atoms with van der Waals surface area (Å²) in [6, 6.07) is 31.9. The molecule has 0 aliphatic carbocycles. The van der Waals surface area contributed by atoms with Gasteiger partial charge in [0.25, 0.3) is 0 Å². The molecule has 3 aromatic carbocycles. The van der Waals surface area contributed by atoms with Crippen LogP contribution in [0.1, 0.15) is 16.7 Å². The van der Waals surface area contributed by atoms with Crippen LogP contribution in [0.5, 0.6) is 0 Å². The molecule has 27 heavy (non-hydrogen) atoms. The fourth-order valence-corrected chi connectivity index (χ4v) is 3.29. The molecular weight excluding hydrogens is 328 g/mol. The van der Waals surface area contributed by atoms with Crippen molar-refractivity contribution < 1.29 is 0 Å². The zero-order valence-corrected chi connectivity index (χ0v) is 16.1. The molecule has 0 bridgehead atoms. The van der Waals surface area contributed by atoms with Crippen molar-refractivity contribution in [2.45, 2.75) is 19.4 Å². The Balaban J connectivity index is 0.000000156. The maximum Gasteiger partial charge on any atom is 0.0234 e. The van der Waals surface area contributed by atoms with E-state index in [1.807, 2.05) is 0 Å². The fourth-order valence-electron chi connectivity index (χ4n) is 3.29. The monoisotopic (exact) mass is 358 g/mol. The van der Waals surface area contributed by atoms with Crippen LogP contribution in [0, 0.1) is 0 Å². The van der Waals surface area contributed by atoms with Crippen molar-refractivity contribution in [3.8, 4) is 0 Å². The molecule has 2 nitrogen and oxygen atoms in total. The van der Waals surface area contributed by atoms with E-state index in [0.717, 1.165) is 32.5 Å². The zero-order chi connectivity index (χ0) is 18.6. The van der Waals surface area contributed by atoms with Crippen LogP contribution >= 0.6 is 0 Å². The molecule has 1 aliphatic rings. The van der Waals surface area contributed by atoms with Crippen LogP contribution < -0.4 is 5.32 Å². The zero-order valence-electron chi connectivity index (χ0n) is 16.1. The van der Waals surface area contributed by atoms with Gasteiger partial charge in [-0.1, -0.05) is 91.0 Å². The SMILES string of the molecule is c1ccc(CCc2ccccc2)cc1.c1ccc(CN2CCNCC2)cc1. The molecule has 1 aliphatic heterocycles. The van der Waals surface area contributed by atoms with Crippen LogP contribution in [0.4, 0.5) is 0 Å². The van der Waals surface area contributed by atoms with Gasteiger partial charge in [0, 0.05) is 32.7 Å². The molecule has 1 N–H and O–H groups in total. The Morgan fingerprint density at radius 1 is 0.556 bits per heavy atom. The summed E-state index contributed by atoms with van der Waals surface area (Å²) >= 11 is 0. The molecule has 1 fully saturated rings. The Kier molecular flexibility index (Phi) is 8.11. The average molecular weight is 359 g/mol. The van der Waals surface area contributed by atoms with E-state index in [9.17, 15) is 0 Å². The molecule has 0 amide bonds. The Morgan fingerprint density at radius 2 is 0.963 bits per heavy atom. The smallest absolute Gasteiger partial charge is 0.0234 e. The van der Waals surface area contributed by atoms with Crippen molar-refractivity contribution in [3.63, 3.8) is 0 Å². The number of hydrogen-bond acceptors (Lipinski definition) is 2. The summed E-state index contributed by atoms with van der Waals surface area (Å²) in [5, 5.41) is 3.36. The van der Waals surface area contributed by atoms with E-state index < -0.39 is 0 Å². The third-order valence-electron chi connectivity index (χ3n) is 4.85. The van der Waals surface area contributed by atoms with Crippen molar-refractivity contribution in [2.75, 3.05) is 26.2 Å². The van der Waals surface area contributed by atoms with E-state index in [2.05, 4.69) is 101 Å². The molecular formula is C25H30N2. The van der Waals surface area contributed by atoms with Crippen LogP contribution in [-0.2, 0) is 19.4 Å². The lowest BCUT2D eigenvalue weighted by atomic mass is 10.0. The van der Waals surface area contributed by atoms with Gasteiger partial charge in [0.15, 0.2) is 0 Å². The molecule has 0 aromatic heterocycles. The second kappa shape index (κ2) is 11.3. The van der Waals surface area contributed by atoms with E-state index >= 15 is 0 Å². The van der Waals surface area contributed by atoms with Gasteiger partial charge in [0.05, 0.1) is 0 Å². The minimum Gasteiger partial charge on any atom is -0.314 e. The molecule has 0 spiro atoms. The lowest BCUT2D eigenvalue weighted by molar-refractivity contribution is 0.233. The highest BCUT2D eigenvalue weighted by molar-refractivity contribution is 5.19. The first kappa shape index (κ1) is 19.3. The van der Waals surface area contributed by atoms with Gasteiger partial charge in [-0.3, -0.25) is 4.90 Å². The Labute approximate surface area is 163 Å². The predicted molar refractivity (Wildman–Crippen MR) is 115 cm³/mol. The van der Waals surface area contributed by atoms with Crippen LogP contribution in [0.15, 0.2) is 91.0 Å². The summed E-state index contributed by atoms with van der Waals surface area (Å²) < 4.78 is 0. The average Bonchev–Trinajstić information content (AvgIpc) is 2.76. The largest absolute Gasteiger partial charge is 0.314 e. The maximum absolute atomic E-state index is 3.36. The number of hydrogen-bond donors (Lipinski definition) is 1. The van der Waals surface area contributed by atoms with Crippen LogP contribution in [0.25, 0.3) is 0 Å². The summed E-state index contributed by atoms with van der Waals surface area (Å²) in [6.45, 7) is 5.71. The molecule has 4 rings (SSSR count). The normalized spacial score (nSPS) is 14.2. The third-order valence-corrected chi connectivity index (χ3v) is 4.85. The Hall–Kier alpha value is -2.42. The van der Waals surface area contributed by atoms with E-state index in [-0.39, 0.29) is 0 Å². The highest BCUT2D eigenvalue weighted by Gasteiger charge is 2.08. The van der Waals surface area contributed by atoms with Crippen LogP contribution in [0.3, 0.4) is 0 Å². The summed E-state index contributed by atoms with van der Waals surface area (Å²) in [5.41, 5.74) is 4.25. The first-order valence-corrected chi connectivity index (χ1v) is 9.95. The van der Waals surface area contributed by atoms with Crippen molar-refractivity contribution >= 4 is 0 Å². The molecule has 2 heteroatoms. The summed E-state index contributed by atoms with van der Waals surface area (Å²) in [7, 11) is 0. The van der Waals surface area contributed by atoms with Gasteiger partial charge < -0.3 is 5.32 Å². The van der Waals surface area contributed by atoms with Gasteiger partial charge in [0.2, 0.25) is 0 Å². The van der Waals surface area contributed by atoms with Gasteiger partial charge >= 0.3 is 0 Å². The Morgan fingerprint density at radius 3 is 1.41 bits per heavy atom. The van der Waals surface area contributed by atoms with Gasteiger partial charge in [-0.05, 0) is 29.5 Å². The number of benzene rings is 3. The lowest BCUT2D eigenvalue weighted by Gasteiger charge is -2.27. The minimum atomic E-state index is 1.10. The van der Waals surface area contributed by atoms with Gasteiger partial charge in [-0.15, -0.1) is 0 Å². The maximum atomic E-state index is 3.36. The lowest BCUT2D eigenvalue weighted by Crippen LogP contribution is -2.42. The number of aryl methyl sites for hydroxylation is 2. The number of nitrogens with one attached hydrogen (secondary N) is 1. The topological polar surface area (TPSA) is 15.3 Å². The molecule has 1 saturated heterocycles. The number of rotatable bonds is 5. The second-order valence-corrected chi connectivity index (χ2v) is 6.98. The molecule has 0 unspecified atom stereocenters. The van der Waals surface area contributed by atoms with Crippen molar-refractivity contribution in [1.29, 1.82) is 0 Å². The molecule has 0 saturated carbocycles. The molecule has 0 atom stereocenters. The van der Waals surface area contributed by atoms with E-state index in [0.29, 0.717) is 0 Å². The van der Waals surface area contributed by atoms with E-state index in [1.165, 1.54) is 29.8 Å². The van der Waals surface area contributed by atoms with Crippen molar-refractivity contribution in [1.82, 2.24) is 10.2 Å². The number of nitrogens with zero attached hydrogens (tertiary/aromatic N) is 1. The standard InChI is InChI=1S/C14H14.C11H16N2/c1-3-7-13(8-4-1)11-12-14-9-5-2-6-10-14;1-2-4-11(5-3-1)10-13-8-6-12-7-9-13/h1-10H,11-12H2;1-5,12H,6-10H2. The molecule has 140 valence electrons. The van der Waals surface area contributed by atoms with Crippen LogP contribution in [-0.4, -0.2) is 31.1 Å². The quantitative estimate of drug-likeness (QED) is 0.719. The predicted octanol–water partition coefficient (Wildman–Crippen LogP) is 4.56. The highest BCUT2D eigenvalue weighted by atomic mass is 15.2. The highest BCUT2D eigenvalue weighted by Crippen LogP contribution is 2.06. The van der Waals surface area contributed by atoms with E-state index in [4.69, 9.17) is 0 Å². The summed E-state index contributed by atoms with van der Waals surface area (Å²) in [6.07, 6.45) is 2.26. The van der Waals surface area contributed by atoms with Crippen LogP contribution in [0.2, 0.25) is 0 Å². The summed E-state index contributed by atoms with van der Waals surface area (Å²) in [5.74, 6) is 0. The fraction of sp³-hybridized carbons (Fsp3) is 0.280. The van der Waals surface area contributed by atoms with Crippen molar-refractivity contribution in [2.24, 2.45) is 0 Å². The van der Waals surface area contributed by atoms with Crippen molar-refractivity contribution in [3.05, 3.63) is 108 Å². The number of piperazine rings is 1. The van der Waals surface area contributed by atoms with E-state index in [1.54, 1.807) is 0 Å². The summed E-state index contributed by atoms with van der Waals surface area (Å²) in [4.78, 5) is 2.49.